The highest BCUT2D eigenvalue weighted by Crippen LogP contribution is 2.50. The summed E-state index contributed by atoms with van der Waals surface area (Å²) in [4.78, 5) is 11.7. The van der Waals surface area contributed by atoms with Crippen molar-refractivity contribution in [3.05, 3.63) is 214 Å². The van der Waals surface area contributed by atoms with Crippen LogP contribution >= 0.6 is 0 Å². The van der Waals surface area contributed by atoms with Crippen LogP contribution in [-0.2, 0) is 5.41 Å². The fraction of sp³-hybridized carbons (Fsp3) is 0.132. The molecule has 276 valence electrons. The maximum absolute atomic E-state index is 5.83. The molecule has 0 bridgehead atoms. The Bertz CT molecular complexity index is 2840. The molecule has 0 N–H and O–H groups in total. The highest BCUT2D eigenvalue weighted by molar-refractivity contribution is 6.10. The Morgan fingerprint density at radius 1 is 0.351 bits per heavy atom. The molecule has 4 heteroatoms. The standard InChI is InChI=1S/C53H44N4/c1-33-29-35(3)51(36(4)30-33)53(52-37(5)31-34(2)32-38(52)6,47-25-15-27-49(54-47)56-43-21-11-7-17-39(43)40-18-8-12-22-44(40)56)48-26-16-28-50(55-48)57-45-23-13-9-19-41(45)42-20-10-14-24-46(42)57/h7-32H,1-6H3. The molecule has 4 heterocycles. The number of hydrogen-bond acceptors (Lipinski definition) is 2. The van der Waals surface area contributed by atoms with Gasteiger partial charge in [-0.05, 0) is 123 Å². The summed E-state index contributed by atoms with van der Waals surface area (Å²) >= 11 is 0. The van der Waals surface area contributed by atoms with E-state index in [-0.39, 0.29) is 0 Å². The van der Waals surface area contributed by atoms with Crippen LogP contribution in [0, 0.1) is 41.5 Å². The molecule has 0 radical (unpaired) electrons. The smallest absolute Gasteiger partial charge is 0.137 e. The minimum Gasteiger partial charge on any atom is -0.294 e. The molecule has 0 aliphatic heterocycles. The molecule has 4 aromatic heterocycles. The lowest BCUT2D eigenvalue weighted by Crippen LogP contribution is -2.37. The molecule has 0 atom stereocenters. The van der Waals surface area contributed by atoms with E-state index in [1.54, 1.807) is 0 Å². The fourth-order valence-corrected chi connectivity index (χ4v) is 10.2. The Balaban J connectivity index is 1.36. The van der Waals surface area contributed by atoms with Gasteiger partial charge in [0.15, 0.2) is 0 Å². The average Bonchev–Trinajstić information content (AvgIpc) is 3.73. The van der Waals surface area contributed by atoms with E-state index in [1.807, 2.05) is 0 Å². The average molecular weight is 737 g/mol. The lowest BCUT2D eigenvalue weighted by Gasteiger charge is -2.39. The van der Waals surface area contributed by atoms with Crippen LogP contribution < -0.4 is 0 Å². The quantitative estimate of drug-likeness (QED) is 0.170. The van der Waals surface area contributed by atoms with Gasteiger partial charge in [-0.1, -0.05) is 120 Å². The summed E-state index contributed by atoms with van der Waals surface area (Å²) in [6.07, 6.45) is 0. The number of aromatic nitrogens is 4. The van der Waals surface area contributed by atoms with Gasteiger partial charge in [0.25, 0.3) is 0 Å². The van der Waals surface area contributed by atoms with E-state index in [9.17, 15) is 0 Å². The van der Waals surface area contributed by atoms with Gasteiger partial charge in [0.05, 0.1) is 33.5 Å². The topological polar surface area (TPSA) is 35.6 Å². The zero-order valence-electron chi connectivity index (χ0n) is 33.3. The second-order valence-electron chi connectivity index (χ2n) is 15.8. The number of pyridine rings is 2. The molecule has 0 amide bonds. The van der Waals surface area contributed by atoms with Crippen molar-refractivity contribution >= 4 is 43.6 Å². The third-order valence-electron chi connectivity index (χ3n) is 12.0. The molecule has 4 nitrogen and oxygen atoms in total. The predicted molar refractivity (Wildman–Crippen MR) is 237 cm³/mol. The van der Waals surface area contributed by atoms with Crippen molar-refractivity contribution in [2.24, 2.45) is 0 Å². The molecule has 0 aliphatic carbocycles. The number of rotatable bonds is 6. The molecule has 0 saturated carbocycles. The summed E-state index contributed by atoms with van der Waals surface area (Å²) in [7, 11) is 0. The summed E-state index contributed by atoms with van der Waals surface area (Å²) in [5, 5.41) is 4.84. The van der Waals surface area contributed by atoms with Gasteiger partial charge in [-0.3, -0.25) is 9.13 Å². The highest BCUT2D eigenvalue weighted by Gasteiger charge is 2.45. The van der Waals surface area contributed by atoms with Gasteiger partial charge in [-0.2, -0.15) is 0 Å². The van der Waals surface area contributed by atoms with E-state index in [4.69, 9.17) is 9.97 Å². The summed E-state index contributed by atoms with van der Waals surface area (Å²) in [6.45, 7) is 13.4. The van der Waals surface area contributed by atoms with Crippen LogP contribution in [0.3, 0.4) is 0 Å². The minimum absolute atomic E-state index is 0.873. The van der Waals surface area contributed by atoms with Crippen LogP contribution in [0.4, 0.5) is 0 Å². The van der Waals surface area contributed by atoms with Gasteiger partial charge in [0, 0.05) is 21.5 Å². The normalized spacial score (nSPS) is 12.0. The van der Waals surface area contributed by atoms with Crippen LogP contribution in [-0.4, -0.2) is 19.1 Å². The molecule has 0 fully saturated rings. The Morgan fingerprint density at radius 3 is 0.965 bits per heavy atom. The first-order chi connectivity index (χ1) is 27.8. The van der Waals surface area contributed by atoms with Crippen molar-refractivity contribution in [1.82, 2.24) is 19.1 Å². The van der Waals surface area contributed by atoms with Gasteiger partial charge in [-0.25, -0.2) is 9.97 Å². The maximum Gasteiger partial charge on any atom is 0.137 e. The monoisotopic (exact) mass is 736 g/mol. The molecule has 0 aliphatic rings. The predicted octanol–water partition coefficient (Wildman–Crippen LogP) is 12.9. The number of benzene rings is 6. The van der Waals surface area contributed by atoms with Crippen molar-refractivity contribution in [1.29, 1.82) is 0 Å². The molecule has 6 aromatic carbocycles. The van der Waals surface area contributed by atoms with Gasteiger partial charge >= 0.3 is 0 Å². The fourth-order valence-electron chi connectivity index (χ4n) is 10.2. The Morgan fingerprint density at radius 2 is 0.649 bits per heavy atom. The van der Waals surface area contributed by atoms with E-state index in [0.29, 0.717) is 0 Å². The molecule has 57 heavy (non-hydrogen) atoms. The van der Waals surface area contributed by atoms with Crippen molar-refractivity contribution in [2.75, 3.05) is 0 Å². The van der Waals surface area contributed by atoms with E-state index >= 15 is 0 Å². The Labute approximate surface area is 333 Å². The van der Waals surface area contributed by atoms with E-state index in [1.165, 1.54) is 66.1 Å². The summed E-state index contributed by atoms with van der Waals surface area (Å²) in [6, 6.07) is 57.0. The first-order valence-corrected chi connectivity index (χ1v) is 19.8. The Hall–Kier alpha value is -6.78. The number of fused-ring (bicyclic) bond motifs is 6. The molecule has 0 spiro atoms. The second kappa shape index (κ2) is 13.2. The number of hydrogen-bond donors (Lipinski definition) is 0. The van der Waals surface area contributed by atoms with Gasteiger partial charge in [-0.15, -0.1) is 0 Å². The SMILES string of the molecule is Cc1cc(C)c(C(c2cccc(-n3c4ccccc4c4ccccc43)n2)(c2cccc(-n3c4ccccc4c4ccccc43)n2)c2c(C)cc(C)cc2C)c(C)c1. The minimum atomic E-state index is -0.896. The van der Waals surface area contributed by atoms with Crippen molar-refractivity contribution in [2.45, 2.75) is 47.0 Å². The molecule has 10 rings (SSSR count). The molecular formula is C53H44N4. The second-order valence-corrected chi connectivity index (χ2v) is 15.8. The van der Waals surface area contributed by atoms with Crippen molar-refractivity contribution in [3.63, 3.8) is 0 Å². The molecule has 0 saturated heterocycles. The molecule has 0 unspecified atom stereocenters. The number of nitrogens with zero attached hydrogens (tertiary/aromatic N) is 4. The van der Waals surface area contributed by atoms with Crippen molar-refractivity contribution < 1.29 is 0 Å². The maximum atomic E-state index is 5.83. The van der Waals surface area contributed by atoms with Gasteiger partial charge in [0.1, 0.15) is 17.1 Å². The lowest BCUT2D eigenvalue weighted by atomic mass is 9.64. The first-order valence-electron chi connectivity index (χ1n) is 19.8. The molecular weight excluding hydrogens is 693 g/mol. The van der Waals surface area contributed by atoms with Crippen LogP contribution in [0.5, 0.6) is 0 Å². The van der Waals surface area contributed by atoms with Gasteiger partial charge in [0.2, 0.25) is 0 Å². The first kappa shape index (κ1) is 34.7. The summed E-state index contributed by atoms with van der Waals surface area (Å²) < 4.78 is 4.65. The molecule has 10 aromatic rings. The summed E-state index contributed by atoms with van der Waals surface area (Å²) in [5.74, 6) is 1.75. The zero-order chi connectivity index (χ0) is 39.0. The highest BCUT2D eigenvalue weighted by atomic mass is 15.1. The van der Waals surface area contributed by atoms with Crippen LogP contribution in [0.15, 0.2) is 158 Å². The third kappa shape index (κ3) is 5.20. The van der Waals surface area contributed by atoms with Crippen molar-refractivity contribution in [3.8, 4) is 11.6 Å². The number of para-hydroxylation sites is 4. The third-order valence-corrected chi connectivity index (χ3v) is 12.0. The summed E-state index contributed by atoms with van der Waals surface area (Å²) in [5.41, 5.74) is 15.2. The number of aryl methyl sites for hydroxylation is 6. The lowest BCUT2D eigenvalue weighted by molar-refractivity contribution is 0.663. The van der Waals surface area contributed by atoms with Crippen LogP contribution in [0.25, 0.3) is 55.2 Å². The van der Waals surface area contributed by atoms with E-state index in [0.717, 1.165) is 45.1 Å². The Kier molecular flexibility index (Phi) is 8.02. The zero-order valence-corrected chi connectivity index (χ0v) is 33.3. The van der Waals surface area contributed by atoms with Gasteiger partial charge < -0.3 is 0 Å². The van der Waals surface area contributed by atoms with Crippen LogP contribution in [0.1, 0.15) is 55.9 Å². The van der Waals surface area contributed by atoms with E-state index in [2.05, 4.69) is 208 Å². The largest absolute Gasteiger partial charge is 0.294 e. The van der Waals surface area contributed by atoms with E-state index < -0.39 is 5.41 Å². The van der Waals surface area contributed by atoms with Crippen LogP contribution in [0.2, 0.25) is 0 Å².